The first kappa shape index (κ1) is 20.6. The monoisotopic (exact) mass is 443 g/mol. The van der Waals surface area contributed by atoms with E-state index in [0.29, 0.717) is 40.7 Å². The maximum absolute atomic E-state index is 13.4. The topological polar surface area (TPSA) is 90.0 Å². The summed E-state index contributed by atoms with van der Waals surface area (Å²) in [7, 11) is 0. The average Bonchev–Trinajstić information content (AvgIpc) is 3.39. The minimum atomic E-state index is -0.412. The quantitative estimate of drug-likeness (QED) is 0.558. The third-order valence-electron chi connectivity index (χ3n) is 5.33. The number of hydrogen-bond acceptors (Lipinski definition) is 7. The molecule has 0 saturated heterocycles. The molecule has 3 aromatic rings. The highest BCUT2D eigenvalue weighted by Crippen LogP contribution is 2.37. The van der Waals surface area contributed by atoms with E-state index in [0.717, 1.165) is 5.56 Å². The van der Waals surface area contributed by atoms with E-state index in [1.807, 2.05) is 13.0 Å². The molecule has 2 aromatic carbocycles. The number of hydrogen-bond donors (Lipinski definition) is 1. The van der Waals surface area contributed by atoms with E-state index in [2.05, 4.69) is 10.3 Å². The van der Waals surface area contributed by atoms with Crippen molar-refractivity contribution in [1.82, 2.24) is 9.88 Å². The van der Waals surface area contributed by atoms with Gasteiger partial charge >= 0.3 is 0 Å². The molecule has 2 aliphatic rings. The normalized spacial score (nSPS) is 14.8. The number of fused-ring (bicyclic) bond motifs is 1. The molecule has 0 atom stereocenters. The predicted octanol–water partition coefficient (Wildman–Crippen LogP) is 3.60. The van der Waals surface area contributed by atoms with Gasteiger partial charge in [0.15, 0.2) is 11.5 Å². The highest BCUT2D eigenvalue weighted by Gasteiger charge is 2.39. The van der Waals surface area contributed by atoms with Gasteiger partial charge in [-0.05, 0) is 48.4 Å². The summed E-state index contributed by atoms with van der Waals surface area (Å²) in [5.74, 6) is 1.11. The molecule has 0 saturated carbocycles. The number of rotatable bonds is 7. The van der Waals surface area contributed by atoms with Crippen LogP contribution in [0.1, 0.15) is 18.1 Å². The van der Waals surface area contributed by atoms with Crippen LogP contribution in [-0.4, -0.2) is 35.1 Å². The number of anilines is 1. The molecule has 33 heavy (non-hydrogen) atoms. The summed E-state index contributed by atoms with van der Waals surface area (Å²) in [6, 6.07) is 16.0. The smallest absolute Gasteiger partial charge is 0.278 e. The molecular weight excluding hydrogens is 422 g/mol. The van der Waals surface area contributed by atoms with Crippen LogP contribution in [0.2, 0.25) is 0 Å². The molecule has 0 bridgehead atoms. The summed E-state index contributed by atoms with van der Waals surface area (Å²) in [4.78, 5) is 32.1. The lowest BCUT2D eigenvalue weighted by molar-refractivity contribution is -0.137. The lowest BCUT2D eigenvalue weighted by atomic mass is 10.0. The molecule has 8 nitrogen and oxygen atoms in total. The van der Waals surface area contributed by atoms with Gasteiger partial charge < -0.3 is 19.5 Å². The number of benzene rings is 2. The van der Waals surface area contributed by atoms with E-state index in [1.165, 1.54) is 4.90 Å². The number of amides is 2. The van der Waals surface area contributed by atoms with Crippen molar-refractivity contribution < 1.29 is 23.8 Å². The van der Waals surface area contributed by atoms with Gasteiger partial charge in [-0.1, -0.05) is 18.2 Å². The van der Waals surface area contributed by atoms with Crippen LogP contribution in [0.15, 0.2) is 72.7 Å². The Morgan fingerprint density at radius 3 is 2.61 bits per heavy atom. The molecule has 8 heteroatoms. The zero-order valence-corrected chi connectivity index (χ0v) is 17.9. The van der Waals surface area contributed by atoms with Crippen LogP contribution in [-0.2, 0) is 16.1 Å². The lowest BCUT2D eigenvalue weighted by Crippen LogP contribution is -2.32. The Labute approximate surface area is 190 Å². The zero-order chi connectivity index (χ0) is 22.8. The Bertz CT molecular complexity index is 1240. The number of aromatic nitrogens is 1. The Kier molecular flexibility index (Phi) is 5.40. The average molecular weight is 443 g/mol. The van der Waals surface area contributed by atoms with E-state index in [-0.39, 0.29) is 24.9 Å². The van der Waals surface area contributed by atoms with Crippen LogP contribution < -0.4 is 19.5 Å². The molecule has 2 aliphatic heterocycles. The second-order valence-electron chi connectivity index (χ2n) is 7.46. The van der Waals surface area contributed by atoms with Gasteiger partial charge in [-0.15, -0.1) is 0 Å². The van der Waals surface area contributed by atoms with Crippen molar-refractivity contribution in [1.29, 1.82) is 0 Å². The molecule has 0 unspecified atom stereocenters. The Hall–Kier alpha value is -4.33. The van der Waals surface area contributed by atoms with Gasteiger partial charge in [-0.25, -0.2) is 0 Å². The first-order chi connectivity index (χ1) is 16.1. The summed E-state index contributed by atoms with van der Waals surface area (Å²) in [6.07, 6.45) is 3.29. The van der Waals surface area contributed by atoms with Gasteiger partial charge in [-0.2, -0.15) is 0 Å². The summed E-state index contributed by atoms with van der Waals surface area (Å²) >= 11 is 0. The standard InChI is InChI=1S/C25H21N3O5/c1-2-31-19-8-5-17(6-9-19)22-23(27-18-7-10-20-21(12-18)33-15-32-20)25(30)28(24(22)29)14-16-4-3-11-26-13-16/h3-13,27H,2,14-15H2,1H3. The summed E-state index contributed by atoms with van der Waals surface area (Å²) in [5, 5.41) is 3.14. The SMILES string of the molecule is CCOc1ccc(C2=C(Nc3ccc4c(c3)OCO4)C(=O)N(Cc3cccnc3)C2=O)cc1. The second kappa shape index (κ2) is 8.66. The number of pyridine rings is 1. The molecule has 0 radical (unpaired) electrons. The highest BCUT2D eigenvalue weighted by molar-refractivity contribution is 6.36. The van der Waals surface area contributed by atoms with Gasteiger partial charge in [0.05, 0.1) is 18.7 Å². The number of imide groups is 1. The van der Waals surface area contributed by atoms with E-state index < -0.39 is 5.91 Å². The van der Waals surface area contributed by atoms with E-state index in [1.54, 1.807) is 60.9 Å². The minimum Gasteiger partial charge on any atom is -0.494 e. The largest absolute Gasteiger partial charge is 0.494 e. The van der Waals surface area contributed by atoms with Crippen molar-refractivity contribution in [2.24, 2.45) is 0 Å². The second-order valence-corrected chi connectivity index (χ2v) is 7.46. The lowest BCUT2D eigenvalue weighted by Gasteiger charge is -2.15. The van der Waals surface area contributed by atoms with E-state index in [9.17, 15) is 9.59 Å². The molecule has 166 valence electrons. The van der Waals surface area contributed by atoms with Crippen LogP contribution in [0.4, 0.5) is 5.69 Å². The van der Waals surface area contributed by atoms with E-state index in [4.69, 9.17) is 14.2 Å². The van der Waals surface area contributed by atoms with Crippen LogP contribution >= 0.6 is 0 Å². The fourth-order valence-corrected chi connectivity index (χ4v) is 3.78. The molecule has 0 fully saturated rings. The molecule has 5 rings (SSSR count). The third kappa shape index (κ3) is 3.98. The Morgan fingerprint density at radius 1 is 1.03 bits per heavy atom. The number of carbonyl (C=O) groups is 2. The molecular formula is C25H21N3O5. The summed E-state index contributed by atoms with van der Waals surface area (Å²) in [5.41, 5.74) is 2.49. The summed E-state index contributed by atoms with van der Waals surface area (Å²) in [6.45, 7) is 2.71. The van der Waals surface area contributed by atoms with Crippen molar-refractivity contribution in [3.63, 3.8) is 0 Å². The number of nitrogens with one attached hydrogen (secondary N) is 1. The van der Waals surface area contributed by atoms with Gasteiger partial charge in [-0.3, -0.25) is 19.5 Å². The van der Waals surface area contributed by atoms with Crippen molar-refractivity contribution in [3.8, 4) is 17.2 Å². The molecule has 2 amide bonds. The predicted molar refractivity (Wildman–Crippen MR) is 121 cm³/mol. The molecule has 1 aromatic heterocycles. The van der Waals surface area contributed by atoms with E-state index >= 15 is 0 Å². The molecule has 0 aliphatic carbocycles. The van der Waals surface area contributed by atoms with Crippen molar-refractivity contribution in [2.75, 3.05) is 18.7 Å². The Morgan fingerprint density at radius 2 is 1.85 bits per heavy atom. The van der Waals surface area contributed by atoms with Crippen molar-refractivity contribution >= 4 is 23.1 Å². The van der Waals surface area contributed by atoms with Crippen LogP contribution in [0, 0.1) is 0 Å². The number of ether oxygens (including phenoxy) is 3. The zero-order valence-electron chi connectivity index (χ0n) is 17.9. The maximum atomic E-state index is 13.4. The van der Waals surface area contributed by atoms with Gasteiger partial charge in [0.25, 0.3) is 11.8 Å². The number of carbonyl (C=O) groups excluding carboxylic acids is 2. The molecule has 3 heterocycles. The Balaban J connectivity index is 1.52. The van der Waals surface area contributed by atoms with Crippen molar-refractivity contribution in [2.45, 2.75) is 13.5 Å². The molecule has 1 N–H and O–H groups in total. The van der Waals surface area contributed by atoms with Gasteiger partial charge in [0.2, 0.25) is 6.79 Å². The van der Waals surface area contributed by atoms with Crippen LogP contribution in [0.5, 0.6) is 17.2 Å². The van der Waals surface area contributed by atoms with Gasteiger partial charge in [0.1, 0.15) is 11.4 Å². The maximum Gasteiger partial charge on any atom is 0.278 e. The fourth-order valence-electron chi connectivity index (χ4n) is 3.78. The third-order valence-corrected chi connectivity index (χ3v) is 5.33. The number of nitrogens with zero attached hydrogens (tertiary/aromatic N) is 2. The van der Waals surface area contributed by atoms with Crippen LogP contribution in [0.25, 0.3) is 5.57 Å². The first-order valence-electron chi connectivity index (χ1n) is 10.5. The highest BCUT2D eigenvalue weighted by atomic mass is 16.7. The fraction of sp³-hybridized carbons (Fsp3) is 0.160. The minimum absolute atomic E-state index is 0.123. The van der Waals surface area contributed by atoms with Crippen molar-refractivity contribution in [3.05, 3.63) is 83.8 Å². The first-order valence-corrected chi connectivity index (χ1v) is 10.5. The molecule has 0 spiro atoms. The van der Waals surface area contributed by atoms with Crippen LogP contribution in [0.3, 0.4) is 0 Å². The van der Waals surface area contributed by atoms with Gasteiger partial charge in [0, 0.05) is 24.1 Å². The summed E-state index contributed by atoms with van der Waals surface area (Å²) < 4.78 is 16.3.